The van der Waals surface area contributed by atoms with Crippen molar-refractivity contribution < 1.29 is 49.1 Å². The number of carboxylic acid groups (broad SMARTS) is 2. The number of carbonyl (C=O) groups excluding carboxylic acids is 2. The number of rotatable bonds is 12. The summed E-state index contributed by atoms with van der Waals surface area (Å²) in [7, 11) is 0. The Morgan fingerprint density at radius 1 is 0.583 bits per heavy atom. The lowest BCUT2D eigenvalue weighted by Gasteiger charge is -2.62. The van der Waals surface area contributed by atoms with Crippen LogP contribution in [-0.2, 0) is 28.7 Å². The molecule has 20 atom stereocenters. The van der Waals surface area contributed by atoms with E-state index >= 15 is 0 Å². The highest BCUT2D eigenvalue weighted by Crippen LogP contribution is 2.70. The minimum atomic E-state index is -0.708. The van der Waals surface area contributed by atoms with Crippen LogP contribution in [0.5, 0.6) is 0 Å². The van der Waals surface area contributed by atoms with Crippen LogP contribution in [0.2, 0.25) is 0 Å². The van der Waals surface area contributed by atoms with Crippen LogP contribution in [0.1, 0.15) is 170 Å². The van der Waals surface area contributed by atoms with Crippen molar-refractivity contribution in [1.29, 1.82) is 0 Å². The van der Waals surface area contributed by atoms with Crippen molar-refractivity contribution in [2.75, 3.05) is 0 Å². The molecule has 0 bridgehead atoms. The molecule has 10 nitrogen and oxygen atoms in total. The number of aliphatic carboxylic acids is 2. The molecule has 0 amide bonds. The molecule has 8 aliphatic carbocycles. The van der Waals surface area contributed by atoms with E-state index in [0.29, 0.717) is 84.0 Å². The van der Waals surface area contributed by atoms with Crippen molar-refractivity contribution >= 4 is 24.9 Å². The standard InChI is InChI=1S/C26H40O6.C24H40O4/c1-16(4-7-23(29)30)19-5-6-20-24-21(9-11-26(19,20)3)25(2)10-8-18(31-14-27)12-17(25)13-22(24)32-15-28;1-14(4-7-21(27)28)17-5-6-18-22-19(9-11-24(17,18)3)23(2)10-8-16(25)12-15(23)13-20(22)26/h14-22,24H,4-13H2,1-3H3,(H,29,30);14-20,22,25-26H,4-13H2,1-3H3,(H,27,28)/t16-,17?,18-,19-,20?,21?,22-,24?,25+,26-;14-,15?,16-,17-,18?,19?,20-,22?,23+,24-/m11/s1. The maximum absolute atomic E-state index is 11.5. The Kier molecular flexibility index (Phi) is 13.6. The van der Waals surface area contributed by atoms with Crippen LogP contribution in [0, 0.1) is 92.7 Å². The van der Waals surface area contributed by atoms with Gasteiger partial charge in [0.2, 0.25) is 0 Å². The first-order chi connectivity index (χ1) is 28.4. The first-order valence-corrected chi connectivity index (χ1v) is 24.4. The number of carboxylic acids is 2. The third-order valence-corrected chi connectivity index (χ3v) is 20.9. The molecule has 0 aromatic heterocycles. The molecule has 8 fully saturated rings. The lowest BCUT2D eigenvalue weighted by Crippen LogP contribution is -2.59. The molecule has 340 valence electrons. The third kappa shape index (κ3) is 8.10. The van der Waals surface area contributed by atoms with Crippen LogP contribution >= 0.6 is 0 Å². The molecular formula is C50H80O10. The fourth-order valence-corrected chi connectivity index (χ4v) is 17.8. The van der Waals surface area contributed by atoms with Crippen molar-refractivity contribution in [3.05, 3.63) is 0 Å². The molecule has 0 spiro atoms. The third-order valence-electron chi connectivity index (χ3n) is 20.9. The molecule has 0 heterocycles. The minimum absolute atomic E-state index is 0.0150. The molecular weight excluding hydrogens is 761 g/mol. The number of hydrogen-bond acceptors (Lipinski definition) is 8. The highest BCUT2D eigenvalue weighted by Gasteiger charge is 2.65. The highest BCUT2D eigenvalue weighted by molar-refractivity contribution is 5.66. The number of aliphatic hydroxyl groups is 2. The first kappa shape index (κ1) is 45.8. The second-order valence-corrected chi connectivity index (χ2v) is 23.1. The van der Waals surface area contributed by atoms with E-state index in [9.17, 15) is 29.4 Å². The predicted molar refractivity (Wildman–Crippen MR) is 227 cm³/mol. The van der Waals surface area contributed by atoms with Gasteiger partial charge in [-0.05, 0) is 202 Å². The summed E-state index contributed by atoms with van der Waals surface area (Å²) in [5.74, 6) is 4.40. The van der Waals surface area contributed by atoms with E-state index in [1.54, 1.807) is 0 Å². The van der Waals surface area contributed by atoms with Gasteiger partial charge in [0.15, 0.2) is 0 Å². The monoisotopic (exact) mass is 841 g/mol. The van der Waals surface area contributed by atoms with Crippen molar-refractivity contribution in [1.82, 2.24) is 0 Å². The maximum atomic E-state index is 11.5. The smallest absolute Gasteiger partial charge is 0.303 e. The fraction of sp³-hybridized carbons (Fsp3) is 0.920. The summed E-state index contributed by atoms with van der Waals surface area (Å²) in [4.78, 5) is 44.6. The Morgan fingerprint density at radius 3 is 1.58 bits per heavy atom. The Morgan fingerprint density at radius 2 is 1.05 bits per heavy atom. The van der Waals surface area contributed by atoms with Gasteiger partial charge in [-0.2, -0.15) is 0 Å². The van der Waals surface area contributed by atoms with Gasteiger partial charge >= 0.3 is 11.9 Å². The second-order valence-electron chi connectivity index (χ2n) is 23.1. The zero-order valence-corrected chi connectivity index (χ0v) is 37.8. The molecule has 8 aliphatic rings. The van der Waals surface area contributed by atoms with E-state index in [4.69, 9.17) is 19.7 Å². The number of fused-ring (bicyclic) bond motifs is 10. The van der Waals surface area contributed by atoms with Gasteiger partial charge in [0.25, 0.3) is 12.9 Å². The van der Waals surface area contributed by atoms with Crippen molar-refractivity contribution in [3.63, 3.8) is 0 Å². The van der Waals surface area contributed by atoms with Gasteiger partial charge in [0.05, 0.1) is 12.2 Å². The highest BCUT2D eigenvalue weighted by atomic mass is 16.5. The zero-order chi connectivity index (χ0) is 43.4. The second kappa shape index (κ2) is 17.8. The fourth-order valence-electron chi connectivity index (χ4n) is 17.8. The van der Waals surface area contributed by atoms with E-state index in [-0.39, 0.29) is 58.9 Å². The van der Waals surface area contributed by atoms with Gasteiger partial charge in [-0.3, -0.25) is 19.2 Å². The summed E-state index contributed by atoms with van der Waals surface area (Å²) < 4.78 is 11.1. The summed E-state index contributed by atoms with van der Waals surface area (Å²) in [6.45, 7) is 15.5. The van der Waals surface area contributed by atoms with Gasteiger partial charge in [0.1, 0.15) is 12.2 Å². The van der Waals surface area contributed by atoms with Gasteiger partial charge < -0.3 is 29.9 Å². The summed E-state index contributed by atoms with van der Waals surface area (Å²) in [6, 6.07) is 0. The Hall–Kier alpha value is -2.20. The summed E-state index contributed by atoms with van der Waals surface area (Å²) in [6.07, 6.45) is 18.4. The molecule has 4 N–H and O–H groups in total. The maximum Gasteiger partial charge on any atom is 0.303 e. The summed E-state index contributed by atoms with van der Waals surface area (Å²) in [5, 5.41) is 39.7. The molecule has 10 heteroatoms. The van der Waals surface area contributed by atoms with Crippen LogP contribution in [-0.4, -0.2) is 69.7 Å². The van der Waals surface area contributed by atoms with Crippen LogP contribution in [0.15, 0.2) is 0 Å². The normalized spacial score (nSPS) is 48.7. The van der Waals surface area contributed by atoms with E-state index in [1.165, 1.54) is 32.1 Å². The van der Waals surface area contributed by atoms with E-state index in [2.05, 4.69) is 41.5 Å². The zero-order valence-electron chi connectivity index (χ0n) is 37.8. The van der Waals surface area contributed by atoms with Crippen molar-refractivity contribution in [2.24, 2.45) is 92.7 Å². The van der Waals surface area contributed by atoms with Gasteiger partial charge in [-0.15, -0.1) is 0 Å². The summed E-state index contributed by atoms with van der Waals surface area (Å²) in [5.41, 5.74) is 0.907. The number of carbonyl (C=O) groups is 4. The molecule has 0 aromatic carbocycles. The molecule has 60 heavy (non-hydrogen) atoms. The van der Waals surface area contributed by atoms with E-state index in [1.807, 2.05) is 0 Å². The molecule has 8 rings (SSSR count). The number of hydrogen-bond donors (Lipinski definition) is 4. The average molecular weight is 841 g/mol. The molecule has 0 aromatic rings. The quantitative estimate of drug-likeness (QED) is 0.139. The van der Waals surface area contributed by atoms with Crippen LogP contribution in [0.25, 0.3) is 0 Å². The Balaban J connectivity index is 0.000000183. The number of ether oxygens (including phenoxy) is 2. The van der Waals surface area contributed by atoms with E-state index < -0.39 is 11.9 Å². The SMILES string of the molecule is C[C@H](CCC(=O)O)[C@H]1CCC2C3C(CC[C@@]21C)[C@@]1(C)CC[C@@H](O)CC1C[C@H]3O.C[C@H](CCC(=O)O)[C@H]1CCC2C3C(CC[C@@]21C)[C@@]1(C)CC[C@@H](OC=O)CC1C[C@H]3OC=O. The van der Waals surface area contributed by atoms with Crippen LogP contribution in [0.3, 0.4) is 0 Å². The molecule has 8 saturated carbocycles. The average Bonchev–Trinajstić information content (AvgIpc) is 3.74. The van der Waals surface area contributed by atoms with Crippen molar-refractivity contribution in [3.8, 4) is 0 Å². The molecule has 8 unspecified atom stereocenters. The largest absolute Gasteiger partial charge is 0.481 e. The molecule has 0 radical (unpaired) electrons. The lowest BCUT2D eigenvalue weighted by molar-refractivity contribution is -0.190. The van der Waals surface area contributed by atoms with Gasteiger partial charge in [-0.25, -0.2) is 0 Å². The lowest BCUT2D eigenvalue weighted by atomic mass is 9.43. The Bertz CT molecular complexity index is 1550. The Labute approximate surface area is 360 Å². The topological polar surface area (TPSA) is 168 Å². The predicted octanol–water partition coefficient (Wildman–Crippen LogP) is 9.32. The molecule has 0 aliphatic heterocycles. The van der Waals surface area contributed by atoms with Gasteiger partial charge in [0, 0.05) is 18.8 Å². The van der Waals surface area contributed by atoms with Gasteiger partial charge in [-0.1, -0.05) is 41.5 Å². The van der Waals surface area contributed by atoms with Crippen LogP contribution < -0.4 is 0 Å². The summed E-state index contributed by atoms with van der Waals surface area (Å²) >= 11 is 0. The van der Waals surface area contributed by atoms with Crippen LogP contribution in [0.4, 0.5) is 0 Å². The minimum Gasteiger partial charge on any atom is -0.481 e. The first-order valence-electron chi connectivity index (χ1n) is 24.4. The number of aliphatic hydroxyl groups excluding tert-OH is 2. The molecule has 0 saturated heterocycles. The van der Waals surface area contributed by atoms with E-state index in [0.717, 1.165) is 83.5 Å². The van der Waals surface area contributed by atoms with Crippen molar-refractivity contribution in [2.45, 2.75) is 194 Å².